The van der Waals surface area contributed by atoms with Crippen LogP contribution in [0.3, 0.4) is 0 Å². The number of halogens is 1. The van der Waals surface area contributed by atoms with Gasteiger partial charge in [-0.25, -0.2) is 0 Å². The number of hydrogen-bond donors (Lipinski definition) is 1. The van der Waals surface area contributed by atoms with E-state index in [2.05, 4.69) is 73.2 Å². The lowest BCUT2D eigenvalue weighted by Crippen LogP contribution is -2.27. The van der Waals surface area contributed by atoms with Crippen molar-refractivity contribution < 1.29 is 4.74 Å². The molecule has 114 valence electrons. The van der Waals surface area contributed by atoms with Crippen LogP contribution in [0.15, 0.2) is 28.7 Å². The minimum Gasteiger partial charge on any atom is -0.376 e. The SMILES string of the molecule is CCNCC(CCOC(C)(C)C)Cc1cccc(Br)c1. The molecule has 0 heterocycles. The topological polar surface area (TPSA) is 21.3 Å². The second kappa shape index (κ2) is 8.81. The van der Waals surface area contributed by atoms with Gasteiger partial charge in [-0.15, -0.1) is 0 Å². The molecule has 20 heavy (non-hydrogen) atoms. The molecule has 0 amide bonds. The van der Waals surface area contributed by atoms with Gasteiger partial charge >= 0.3 is 0 Å². The molecule has 0 fully saturated rings. The molecule has 1 N–H and O–H groups in total. The van der Waals surface area contributed by atoms with Crippen LogP contribution in [0, 0.1) is 5.92 Å². The van der Waals surface area contributed by atoms with E-state index < -0.39 is 0 Å². The number of ether oxygens (including phenoxy) is 1. The molecular weight excluding hydrogens is 314 g/mol. The molecule has 0 radical (unpaired) electrons. The molecule has 0 bridgehead atoms. The van der Waals surface area contributed by atoms with Crippen LogP contribution in [0.4, 0.5) is 0 Å². The molecule has 0 aliphatic heterocycles. The maximum atomic E-state index is 5.86. The summed E-state index contributed by atoms with van der Waals surface area (Å²) < 4.78 is 7.02. The lowest BCUT2D eigenvalue weighted by atomic mass is 9.96. The van der Waals surface area contributed by atoms with Gasteiger partial charge in [0.15, 0.2) is 0 Å². The highest BCUT2D eigenvalue weighted by Crippen LogP contribution is 2.18. The fourth-order valence-corrected chi connectivity index (χ4v) is 2.60. The first-order chi connectivity index (χ1) is 9.40. The van der Waals surface area contributed by atoms with Crippen LogP contribution in [0.1, 0.15) is 39.7 Å². The normalized spacial score (nSPS) is 13.4. The van der Waals surface area contributed by atoms with Gasteiger partial charge in [0.1, 0.15) is 0 Å². The average Bonchev–Trinajstić information content (AvgIpc) is 2.34. The molecule has 0 saturated carbocycles. The lowest BCUT2D eigenvalue weighted by Gasteiger charge is -2.23. The number of hydrogen-bond acceptors (Lipinski definition) is 2. The smallest absolute Gasteiger partial charge is 0.0598 e. The summed E-state index contributed by atoms with van der Waals surface area (Å²) >= 11 is 3.54. The van der Waals surface area contributed by atoms with E-state index in [1.54, 1.807) is 0 Å². The second-order valence-corrected chi connectivity index (χ2v) is 7.17. The van der Waals surface area contributed by atoms with Crippen LogP contribution in [0.2, 0.25) is 0 Å². The number of nitrogens with one attached hydrogen (secondary N) is 1. The van der Waals surface area contributed by atoms with Crippen molar-refractivity contribution in [3.05, 3.63) is 34.3 Å². The van der Waals surface area contributed by atoms with Crippen LogP contribution < -0.4 is 5.32 Å². The Morgan fingerprint density at radius 2 is 2.05 bits per heavy atom. The van der Waals surface area contributed by atoms with E-state index in [4.69, 9.17) is 4.74 Å². The van der Waals surface area contributed by atoms with Crippen molar-refractivity contribution in [3.63, 3.8) is 0 Å². The predicted molar refractivity (Wildman–Crippen MR) is 90.2 cm³/mol. The highest BCUT2D eigenvalue weighted by molar-refractivity contribution is 9.10. The summed E-state index contributed by atoms with van der Waals surface area (Å²) in [6.45, 7) is 11.4. The molecule has 0 spiro atoms. The van der Waals surface area contributed by atoms with Gasteiger partial charge in [-0.3, -0.25) is 0 Å². The first-order valence-corrected chi connectivity index (χ1v) is 8.29. The van der Waals surface area contributed by atoms with Crippen molar-refractivity contribution in [2.24, 2.45) is 5.92 Å². The molecular formula is C17H28BrNO. The zero-order valence-corrected chi connectivity index (χ0v) is 14.8. The van der Waals surface area contributed by atoms with E-state index in [0.717, 1.165) is 37.0 Å². The quantitative estimate of drug-likeness (QED) is 0.755. The number of benzene rings is 1. The van der Waals surface area contributed by atoms with Crippen LogP contribution in [0.25, 0.3) is 0 Å². The highest BCUT2D eigenvalue weighted by atomic mass is 79.9. The summed E-state index contributed by atoms with van der Waals surface area (Å²) in [4.78, 5) is 0. The summed E-state index contributed by atoms with van der Waals surface area (Å²) in [7, 11) is 0. The van der Waals surface area contributed by atoms with E-state index in [0.29, 0.717) is 5.92 Å². The Morgan fingerprint density at radius 1 is 1.30 bits per heavy atom. The summed E-state index contributed by atoms with van der Waals surface area (Å²) in [5, 5.41) is 3.46. The molecule has 0 aromatic heterocycles. The van der Waals surface area contributed by atoms with Gasteiger partial charge in [0.25, 0.3) is 0 Å². The number of rotatable bonds is 8. The monoisotopic (exact) mass is 341 g/mol. The van der Waals surface area contributed by atoms with E-state index in [-0.39, 0.29) is 5.60 Å². The van der Waals surface area contributed by atoms with Gasteiger partial charge in [-0.2, -0.15) is 0 Å². The van der Waals surface area contributed by atoms with E-state index in [1.165, 1.54) is 5.56 Å². The molecule has 1 atom stereocenters. The molecule has 0 aliphatic rings. The highest BCUT2D eigenvalue weighted by Gasteiger charge is 2.14. The average molecular weight is 342 g/mol. The van der Waals surface area contributed by atoms with Crippen molar-refractivity contribution in [2.45, 2.75) is 46.1 Å². The minimum atomic E-state index is -0.0431. The lowest BCUT2D eigenvalue weighted by molar-refractivity contribution is -0.00918. The van der Waals surface area contributed by atoms with Gasteiger partial charge in [-0.1, -0.05) is 35.0 Å². The Hall–Kier alpha value is -0.380. The van der Waals surface area contributed by atoms with Crippen LogP contribution in [-0.4, -0.2) is 25.3 Å². The first kappa shape index (κ1) is 17.7. The summed E-state index contributed by atoms with van der Waals surface area (Å²) in [6.07, 6.45) is 2.19. The first-order valence-electron chi connectivity index (χ1n) is 7.50. The van der Waals surface area contributed by atoms with Crippen LogP contribution in [0.5, 0.6) is 0 Å². The van der Waals surface area contributed by atoms with Gasteiger partial charge < -0.3 is 10.1 Å². The Bertz CT molecular complexity index is 387. The summed E-state index contributed by atoms with van der Waals surface area (Å²) in [6, 6.07) is 8.60. The fraction of sp³-hybridized carbons (Fsp3) is 0.647. The van der Waals surface area contributed by atoms with Gasteiger partial charge in [0.2, 0.25) is 0 Å². The maximum absolute atomic E-state index is 5.86. The molecule has 0 aliphatic carbocycles. The third-order valence-electron chi connectivity index (χ3n) is 3.16. The molecule has 2 nitrogen and oxygen atoms in total. The maximum Gasteiger partial charge on any atom is 0.0598 e. The summed E-state index contributed by atoms with van der Waals surface area (Å²) in [5.74, 6) is 0.617. The molecule has 1 unspecified atom stereocenters. The Kier molecular flexibility index (Phi) is 7.78. The van der Waals surface area contributed by atoms with Crippen molar-refractivity contribution in [1.82, 2.24) is 5.32 Å². The van der Waals surface area contributed by atoms with Gasteiger partial charge in [0, 0.05) is 11.1 Å². The van der Waals surface area contributed by atoms with Crippen molar-refractivity contribution in [3.8, 4) is 0 Å². The van der Waals surface area contributed by atoms with Gasteiger partial charge in [0.05, 0.1) is 5.60 Å². The largest absolute Gasteiger partial charge is 0.376 e. The Morgan fingerprint density at radius 3 is 2.65 bits per heavy atom. The third-order valence-corrected chi connectivity index (χ3v) is 3.65. The standard InChI is InChI=1S/C17H28BrNO/c1-5-19-13-15(9-10-20-17(2,3)4)11-14-7-6-8-16(18)12-14/h6-8,12,15,19H,5,9-11,13H2,1-4H3. The van der Waals surface area contributed by atoms with Crippen LogP contribution >= 0.6 is 15.9 Å². The predicted octanol–water partition coefficient (Wildman–Crippen LogP) is 4.42. The van der Waals surface area contributed by atoms with Gasteiger partial charge in [-0.05, 0) is 70.3 Å². The molecule has 0 saturated heterocycles. The molecule has 1 aromatic carbocycles. The summed E-state index contributed by atoms with van der Waals surface area (Å²) in [5.41, 5.74) is 1.34. The van der Waals surface area contributed by atoms with Crippen molar-refractivity contribution >= 4 is 15.9 Å². The fourth-order valence-electron chi connectivity index (χ4n) is 2.15. The third kappa shape index (κ3) is 8.03. The molecule has 1 rings (SSSR count). The zero-order chi connectivity index (χ0) is 15.0. The Labute approximate surface area is 132 Å². The Balaban J connectivity index is 2.50. The van der Waals surface area contributed by atoms with Crippen molar-refractivity contribution in [2.75, 3.05) is 19.7 Å². The van der Waals surface area contributed by atoms with Crippen molar-refractivity contribution in [1.29, 1.82) is 0 Å². The van der Waals surface area contributed by atoms with E-state index in [9.17, 15) is 0 Å². The van der Waals surface area contributed by atoms with E-state index >= 15 is 0 Å². The second-order valence-electron chi connectivity index (χ2n) is 6.26. The zero-order valence-electron chi connectivity index (χ0n) is 13.2. The minimum absolute atomic E-state index is 0.0431. The van der Waals surface area contributed by atoms with E-state index in [1.807, 2.05) is 0 Å². The van der Waals surface area contributed by atoms with Crippen LogP contribution in [-0.2, 0) is 11.2 Å². The molecule has 3 heteroatoms. The molecule has 1 aromatic rings.